The first-order chi connectivity index (χ1) is 11.1. The molecule has 5 nitrogen and oxygen atoms in total. The highest BCUT2D eigenvalue weighted by Crippen LogP contribution is 2.22. The molecule has 2 fully saturated rings. The van der Waals surface area contributed by atoms with E-state index >= 15 is 0 Å². The molecule has 5 heteroatoms. The number of urea groups is 1. The maximum Gasteiger partial charge on any atom is 0.317 e. The third-order valence-electron chi connectivity index (χ3n) is 4.93. The zero-order valence-electron chi connectivity index (χ0n) is 14.3. The van der Waals surface area contributed by atoms with E-state index in [-0.39, 0.29) is 6.03 Å². The second-order valence-electron chi connectivity index (χ2n) is 6.74. The lowest BCUT2D eigenvalue weighted by Crippen LogP contribution is -2.54. The van der Waals surface area contributed by atoms with Crippen molar-refractivity contribution in [3.05, 3.63) is 29.3 Å². The molecule has 0 saturated carbocycles. The summed E-state index contributed by atoms with van der Waals surface area (Å²) in [5, 5.41) is 6.52. The van der Waals surface area contributed by atoms with Crippen LogP contribution in [0.1, 0.15) is 24.0 Å². The molecule has 0 unspecified atom stereocenters. The molecule has 1 aromatic rings. The molecule has 2 saturated heterocycles. The molecule has 2 heterocycles. The number of nitrogens with one attached hydrogen (secondary N) is 2. The highest BCUT2D eigenvalue weighted by atomic mass is 16.2. The molecule has 0 aliphatic carbocycles. The molecular weight excluding hydrogens is 288 g/mol. The van der Waals surface area contributed by atoms with Crippen LogP contribution in [-0.4, -0.2) is 56.2 Å². The van der Waals surface area contributed by atoms with Gasteiger partial charge in [0.1, 0.15) is 0 Å². The van der Waals surface area contributed by atoms with Crippen molar-refractivity contribution in [3.63, 3.8) is 0 Å². The number of amides is 2. The highest BCUT2D eigenvalue weighted by Gasteiger charge is 2.24. The third kappa shape index (κ3) is 3.96. The van der Waals surface area contributed by atoms with Crippen LogP contribution in [0.2, 0.25) is 0 Å². The van der Waals surface area contributed by atoms with Gasteiger partial charge in [-0.05, 0) is 51.4 Å². The molecule has 0 radical (unpaired) electrons. The molecule has 1 aromatic carbocycles. The van der Waals surface area contributed by atoms with E-state index in [9.17, 15) is 4.79 Å². The normalized spacial score (nSPS) is 19.7. The number of piperazine rings is 1. The minimum Gasteiger partial charge on any atom is -0.368 e. The third-order valence-corrected chi connectivity index (χ3v) is 4.93. The molecule has 23 heavy (non-hydrogen) atoms. The van der Waals surface area contributed by atoms with E-state index in [0.717, 1.165) is 52.1 Å². The number of benzene rings is 1. The summed E-state index contributed by atoms with van der Waals surface area (Å²) >= 11 is 0. The summed E-state index contributed by atoms with van der Waals surface area (Å²) in [6.45, 7) is 9.70. The number of carbonyl (C=O) groups is 1. The predicted molar refractivity (Wildman–Crippen MR) is 94.1 cm³/mol. The molecule has 0 atom stereocenters. The van der Waals surface area contributed by atoms with Gasteiger partial charge in [0.05, 0.1) is 0 Å². The fraction of sp³-hybridized carbons (Fsp3) is 0.611. The molecular formula is C18H28N4O. The minimum absolute atomic E-state index is 0.108. The van der Waals surface area contributed by atoms with Crippen LogP contribution in [0.5, 0.6) is 0 Å². The lowest BCUT2D eigenvalue weighted by atomic mass is 10.1. The average Bonchev–Trinajstić information content (AvgIpc) is 2.56. The summed E-state index contributed by atoms with van der Waals surface area (Å²) in [6.07, 6.45) is 2.07. The van der Waals surface area contributed by atoms with Gasteiger partial charge in [-0.15, -0.1) is 0 Å². The molecule has 0 bridgehead atoms. The molecule has 2 aliphatic heterocycles. The van der Waals surface area contributed by atoms with Crippen molar-refractivity contribution in [2.75, 3.05) is 44.2 Å². The molecule has 126 valence electrons. The minimum atomic E-state index is 0.108. The van der Waals surface area contributed by atoms with Gasteiger partial charge in [-0.25, -0.2) is 4.79 Å². The van der Waals surface area contributed by atoms with Gasteiger partial charge >= 0.3 is 6.03 Å². The quantitative estimate of drug-likeness (QED) is 0.876. The Morgan fingerprint density at radius 2 is 1.83 bits per heavy atom. The van der Waals surface area contributed by atoms with Crippen LogP contribution in [0.25, 0.3) is 0 Å². The number of nitrogens with zero attached hydrogens (tertiary/aromatic N) is 2. The van der Waals surface area contributed by atoms with Gasteiger partial charge in [-0.2, -0.15) is 0 Å². The summed E-state index contributed by atoms with van der Waals surface area (Å²) in [7, 11) is 0. The Morgan fingerprint density at radius 1 is 1.13 bits per heavy atom. The topological polar surface area (TPSA) is 47.6 Å². The van der Waals surface area contributed by atoms with Crippen molar-refractivity contribution < 1.29 is 4.79 Å². The largest absolute Gasteiger partial charge is 0.368 e. The smallest absolute Gasteiger partial charge is 0.317 e. The number of carbonyl (C=O) groups excluding carboxylic acids is 1. The molecule has 0 aromatic heterocycles. The molecule has 3 rings (SSSR count). The Morgan fingerprint density at radius 3 is 2.48 bits per heavy atom. The first-order valence-corrected chi connectivity index (χ1v) is 8.72. The highest BCUT2D eigenvalue weighted by molar-refractivity contribution is 5.75. The Hall–Kier alpha value is -1.75. The first kappa shape index (κ1) is 16.1. The van der Waals surface area contributed by atoms with Gasteiger partial charge in [-0.3, -0.25) is 0 Å². The lowest BCUT2D eigenvalue weighted by Gasteiger charge is -2.37. The number of aryl methyl sites for hydroxylation is 2. The fourth-order valence-corrected chi connectivity index (χ4v) is 3.54. The van der Waals surface area contributed by atoms with Gasteiger partial charge in [0.25, 0.3) is 0 Å². The summed E-state index contributed by atoms with van der Waals surface area (Å²) < 4.78 is 0. The summed E-state index contributed by atoms with van der Waals surface area (Å²) in [6, 6.07) is 7.04. The SMILES string of the molecule is Cc1ccc(N2CCN(C(=O)NC3CCNCC3)CC2)c(C)c1. The molecule has 2 aliphatic rings. The van der Waals surface area contributed by atoms with Gasteiger partial charge in [-0.1, -0.05) is 17.7 Å². The number of piperidine rings is 1. The summed E-state index contributed by atoms with van der Waals surface area (Å²) in [4.78, 5) is 16.7. The van der Waals surface area contributed by atoms with Crippen molar-refractivity contribution in [2.45, 2.75) is 32.7 Å². The maximum absolute atomic E-state index is 12.4. The number of hydrogen-bond acceptors (Lipinski definition) is 3. The van der Waals surface area contributed by atoms with Crippen molar-refractivity contribution in [1.29, 1.82) is 0 Å². The standard InChI is InChI=1S/C18H28N4O/c1-14-3-4-17(15(2)13-14)21-9-11-22(12-10-21)18(23)20-16-5-7-19-8-6-16/h3-4,13,16,19H,5-12H2,1-2H3,(H,20,23). The molecule has 2 N–H and O–H groups in total. The van der Waals surface area contributed by atoms with Crippen molar-refractivity contribution in [3.8, 4) is 0 Å². The van der Waals surface area contributed by atoms with Gasteiger partial charge in [0.2, 0.25) is 0 Å². The van der Waals surface area contributed by atoms with Crippen LogP contribution in [0, 0.1) is 13.8 Å². The molecule has 0 spiro atoms. The lowest BCUT2D eigenvalue weighted by molar-refractivity contribution is 0.187. The maximum atomic E-state index is 12.4. The first-order valence-electron chi connectivity index (χ1n) is 8.72. The van der Waals surface area contributed by atoms with E-state index in [1.165, 1.54) is 16.8 Å². The van der Waals surface area contributed by atoms with Crippen LogP contribution in [0.15, 0.2) is 18.2 Å². The van der Waals surface area contributed by atoms with Gasteiger partial charge in [0.15, 0.2) is 0 Å². The monoisotopic (exact) mass is 316 g/mol. The zero-order valence-corrected chi connectivity index (χ0v) is 14.3. The van der Waals surface area contributed by atoms with Crippen LogP contribution >= 0.6 is 0 Å². The van der Waals surface area contributed by atoms with Crippen LogP contribution < -0.4 is 15.5 Å². The van der Waals surface area contributed by atoms with Crippen LogP contribution in [-0.2, 0) is 0 Å². The van der Waals surface area contributed by atoms with E-state index in [1.54, 1.807) is 0 Å². The number of hydrogen-bond donors (Lipinski definition) is 2. The van der Waals surface area contributed by atoms with Crippen molar-refractivity contribution in [1.82, 2.24) is 15.5 Å². The summed E-state index contributed by atoms with van der Waals surface area (Å²) in [5.74, 6) is 0. The Labute approximate surface area is 139 Å². The molecule has 2 amide bonds. The van der Waals surface area contributed by atoms with Crippen LogP contribution in [0.3, 0.4) is 0 Å². The van der Waals surface area contributed by atoms with E-state index < -0.39 is 0 Å². The summed E-state index contributed by atoms with van der Waals surface area (Å²) in [5.41, 5.74) is 3.91. The zero-order chi connectivity index (χ0) is 16.2. The number of anilines is 1. The van der Waals surface area contributed by atoms with E-state index in [4.69, 9.17) is 0 Å². The fourth-order valence-electron chi connectivity index (χ4n) is 3.54. The van der Waals surface area contributed by atoms with Gasteiger partial charge in [0, 0.05) is 37.9 Å². The number of rotatable bonds is 2. The van der Waals surface area contributed by atoms with Crippen LogP contribution in [0.4, 0.5) is 10.5 Å². The Balaban J connectivity index is 1.52. The Kier molecular flexibility index (Phi) is 5.06. The second-order valence-corrected chi connectivity index (χ2v) is 6.74. The predicted octanol–water partition coefficient (Wildman–Crippen LogP) is 1.89. The second kappa shape index (κ2) is 7.21. The average molecular weight is 316 g/mol. The van der Waals surface area contributed by atoms with Gasteiger partial charge < -0.3 is 20.4 Å². The van der Waals surface area contributed by atoms with E-state index in [0.29, 0.717) is 6.04 Å². The Bertz CT molecular complexity index is 546. The van der Waals surface area contributed by atoms with E-state index in [2.05, 4.69) is 47.6 Å². The van der Waals surface area contributed by atoms with Crippen molar-refractivity contribution in [2.24, 2.45) is 0 Å². The van der Waals surface area contributed by atoms with Crippen molar-refractivity contribution >= 4 is 11.7 Å². The van der Waals surface area contributed by atoms with E-state index in [1.807, 2.05) is 4.90 Å².